The third-order valence-electron chi connectivity index (χ3n) is 5.25. The second kappa shape index (κ2) is 10.8. The number of halogens is 1. The van der Waals surface area contributed by atoms with Gasteiger partial charge in [0.2, 0.25) is 0 Å². The Kier molecular flexibility index (Phi) is 7.89. The van der Waals surface area contributed by atoms with Crippen LogP contribution in [0.5, 0.6) is 5.75 Å². The highest BCUT2D eigenvalue weighted by atomic mass is 35.5. The summed E-state index contributed by atoms with van der Waals surface area (Å²) < 4.78 is 6.25. The number of hydrogen-bond acceptors (Lipinski definition) is 2. The van der Waals surface area contributed by atoms with Gasteiger partial charge >= 0.3 is 0 Å². The van der Waals surface area contributed by atoms with Crippen molar-refractivity contribution >= 4 is 23.2 Å². The topological polar surface area (TPSA) is 21.3 Å². The number of nitrogens with one attached hydrogen (secondary N) is 1. The van der Waals surface area contributed by atoms with Crippen LogP contribution in [-0.4, -0.2) is 6.54 Å². The Hall–Kier alpha value is -2.81. The van der Waals surface area contributed by atoms with Crippen molar-refractivity contribution in [2.45, 2.75) is 26.5 Å². The van der Waals surface area contributed by atoms with E-state index in [0.29, 0.717) is 6.61 Å². The summed E-state index contributed by atoms with van der Waals surface area (Å²) >= 11 is 0. The monoisotopic (exact) mass is 417 g/mol. The highest BCUT2D eigenvalue weighted by Gasteiger charge is 2.09. The van der Waals surface area contributed by atoms with Gasteiger partial charge in [0.15, 0.2) is 0 Å². The molecule has 0 amide bonds. The summed E-state index contributed by atoms with van der Waals surface area (Å²) in [6.07, 6.45) is 1.02. The first-order valence-corrected chi connectivity index (χ1v) is 10.2. The van der Waals surface area contributed by atoms with Crippen LogP contribution in [0.4, 0.5) is 0 Å². The predicted molar refractivity (Wildman–Crippen MR) is 129 cm³/mol. The molecule has 4 aromatic carbocycles. The summed E-state index contributed by atoms with van der Waals surface area (Å²) in [6.45, 7) is 4.41. The molecule has 0 aromatic heterocycles. The lowest BCUT2D eigenvalue weighted by atomic mass is 10.0. The molecule has 0 aliphatic heterocycles. The van der Waals surface area contributed by atoms with Crippen molar-refractivity contribution in [1.82, 2.24) is 5.32 Å². The third-order valence-corrected chi connectivity index (χ3v) is 5.25. The van der Waals surface area contributed by atoms with Gasteiger partial charge < -0.3 is 10.1 Å². The quantitative estimate of drug-likeness (QED) is 0.331. The Morgan fingerprint density at radius 2 is 1.47 bits per heavy atom. The molecule has 0 saturated carbocycles. The minimum absolute atomic E-state index is 0. The van der Waals surface area contributed by atoms with Gasteiger partial charge in [-0.05, 0) is 47.9 Å². The molecule has 4 rings (SSSR count). The van der Waals surface area contributed by atoms with Crippen LogP contribution in [0.25, 0.3) is 10.8 Å². The van der Waals surface area contributed by atoms with Crippen LogP contribution < -0.4 is 10.1 Å². The maximum absolute atomic E-state index is 6.25. The fourth-order valence-electron chi connectivity index (χ4n) is 3.57. The first kappa shape index (κ1) is 21.9. The Morgan fingerprint density at radius 3 is 2.27 bits per heavy atom. The van der Waals surface area contributed by atoms with E-state index >= 15 is 0 Å². The van der Waals surface area contributed by atoms with Crippen LogP contribution in [0.15, 0.2) is 91.0 Å². The molecule has 0 heterocycles. The molecular formula is C27H28ClNO. The molecule has 3 heteroatoms. The lowest BCUT2D eigenvalue weighted by Gasteiger charge is -2.15. The zero-order valence-electron chi connectivity index (χ0n) is 17.3. The summed E-state index contributed by atoms with van der Waals surface area (Å²) in [5.41, 5.74) is 5.03. The number of ether oxygens (including phenoxy) is 1. The average molecular weight is 418 g/mol. The van der Waals surface area contributed by atoms with E-state index in [1.54, 1.807) is 0 Å². The molecule has 154 valence electrons. The van der Waals surface area contributed by atoms with Crippen LogP contribution in [0, 0.1) is 6.92 Å². The second-order valence-corrected chi connectivity index (χ2v) is 7.45. The Labute approximate surface area is 185 Å². The van der Waals surface area contributed by atoms with E-state index in [1.807, 2.05) is 0 Å². The highest BCUT2D eigenvalue weighted by molar-refractivity contribution is 5.87. The smallest absolute Gasteiger partial charge is 0.124 e. The van der Waals surface area contributed by atoms with E-state index in [1.165, 1.54) is 33.0 Å². The van der Waals surface area contributed by atoms with Gasteiger partial charge in [-0.3, -0.25) is 0 Å². The maximum Gasteiger partial charge on any atom is 0.124 e. The van der Waals surface area contributed by atoms with Gasteiger partial charge in [-0.25, -0.2) is 0 Å². The van der Waals surface area contributed by atoms with Crippen LogP contribution in [-0.2, 0) is 19.6 Å². The zero-order chi connectivity index (χ0) is 19.9. The lowest BCUT2D eigenvalue weighted by molar-refractivity contribution is 0.303. The molecule has 30 heavy (non-hydrogen) atoms. The number of benzene rings is 4. The molecule has 0 bridgehead atoms. The summed E-state index contributed by atoms with van der Waals surface area (Å²) in [7, 11) is 0. The largest absolute Gasteiger partial charge is 0.489 e. The molecule has 2 nitrogen and oxygen atoms in total. The maximum atomic E-state index is 6.25. The van der Waals surface area contributed by atoms with Crippen molar-refractivity contribution < 1.29 is 4.74 Å². The summed E-state index contributed by atoms with van der Waals surface area (Å²) in [4.78, 5) is 0. The van der Waals surface area contributed by atoms with Crippen molar-refractivity contribution in [3.05, 3.63) is 113 Å². The Balaban J connectivity index is 0.00000256. The zero-order valence-corrected chi connectivity index (χ0v) is 18.1. The molecule has 0 aliphatic rings. The minimum Gasteiger partial charge on any atom is -0.489 e. The lowest BCUT2D eigenvalue weighted by Crippen LogP contribution is -2.17. The fourth-order valence-corrected chi connectivity index (χ4v) is 3.57. The molecule has 1 N–H and O–H groups in total. The Bertz CT molecular complexity index is 1060. The van der Waals surface area contributed by atoms with Crippen LogP contribution in [0.3, 0.4) is 0 Å². The molecule has 0 saturated heterocycles. The van der Waals surface area contributed by atoms with E-state index in [-0.39, 0.29) is 12.4 Å². The van der Waals surface area contributed by atoms with E-state index in [2.05, 4.69) is 103 Å². The molecule has 0 aliphatic carbocycles. The van der Waals surface area contributed by atoms with E-state index < -0.39 is 0 Å². The number of rotatable bonds is 8. The molecule has 0 unspecified atom stereocenters. The van der Waals surface area contributed by atoms with E-state index in [4.69, 9.17) is 4.74 Å². The summed E-state index contributed by atoms with van der Waals surface area (Å²) in [5, 5.41) is 6.10. The van der Waals surface area contributed by atoms with Crippen LogP contribution in [0.2, 0.25) is 0 Å². The van der Waals surface area contributed by atoms with Crippen molar-refractivity contribution in [2.75, 3.05) is 6.54 Å². The standard InChI is InChI=1S/C27H27NO.ClH/c1-21-11-13-23(14-12-21)20-29-27-16-15-24-9-5-6-10-25(24)26(27)19-28-18-17-22-7-3-2-4-8-22;/h2-16,28H,17-20H2,1H3;1H. The van der Waals surface area contributed by atoms with E-state index in [9.17, 15) is 0 Å². The number of fused-ring (bicyclic) bond motifs is 1. The van der Waals surface area contributed by atoms with Crippen molar-refractivity contribution in [3.63, 3.8) is 0 Å². The molecular weight excluding hydrogens is 390 g/mol. The molecule has 0 spiro atoms. The second-order valence-electron chi connectivity index (χ2n) is 7.45. The number of hydrogen-bond donors (Lipinski definition) is 1. The Morgan fingerprint density at radius 1 is 0.733 bits per heavy atom. The first-order chi connectivity index (χ1) is 14.3. The average Bonchev–Trinajstić information content (AvgIpc) is 2.77. The van der Waals surface area contributed by atoms with Gasteiger partial charge in [0.25, 0.3) is 0 Å². The highest BCUT2D eigenvalue weighted by Crippen LogP contribution is 2.29. The van der Waals surface area contributed by atoms with Gasteiger partial charge in [0.05, 0.1) is 0 Å². The predicted octanol–water partition coefficient (Wildman–Crippen LogP) is 6.48. The summed E-state index contributed by atoms with van der Waals surface area (Å²) in [6, 6.07) is 31.9. The van der Waals surface area contributed by atoms with Gasteiger partial charge in [0, 0.05) is 12.1 Å². The van der Waals surface area contributed by atoms with Gasteiger partial charge in [0.1, 0.15) is 12.4 Å². The van der Waals surface area contributed by atoms with Gasteiger partial charge in [-0.2, -0.15) is 0 Å². The molecule has 4 aromatic rings. The molecule has 0 fully saturated rings. The van der Waals surface area contributed by atoms with E-state index in [0.717, 1.165) is 25.3 Å². The van der Waals surface area contributed by atoms with Crippen LogP contribution in [0.1, 0.15) is 22.3 Å². The minimum atomic E-state index is 0. The van der Waals surface area contributed by atoms with Crippen molar-refractivity contribution in [1.29, 1.82) is 0 Å². The summed E-state index contributed by atoms with van der Waals surface area (Å²) in [5.74, 6) is 0.955. The first-order valence-electron chi connectivity index (χ1n) is 10.2. The van der Waals surface area contributed by atoms with Crippen LogP contribution >= 0.6 is 12.4 Å². The van der Waals surface area contributed by atoms with Crippen molar-refractivity contribution in [2.24, 2.45) is 0 Å². The number of aryl methyl sites for hydroxylation is 1. The fraction of sp³-hybridized carbons (Fsp3) is 0.185. The van der Waals surface area contributed by atoms with Gasteiger partial charge in [-0.15, -0.1) is 12.4 Å². The molecule has 0 atom stereocenters. The third kappa shape index (κ3) is 5.63. The molecule has 0 radical (unpaired) electrons. The normalized spacial score (nSPS) is 10.6. The van der Waals surface area contributed by atoms with Gasteiger partial charge in [-0.1, -0.05) is 90.5 Å². The SMILES string of the molecule is Cc1ccc(COc2ccc3ccccc3c2CNCCc2ccccc2)cc1.Cl. The van der Waals surface area contributed by atoms with Crippen molar-refractivity contribution in [3.8, 4) is 5.75 Å².